The van der Waals surface area contributed by atoms with E-state index in [9.17, 15) is 14.7 Å². The van der Waals surface area contributed by atoms with Crippen LogP contribution in [0, 0.1) is 16.7 Å². The Morgan fingerprint density at radius 2 is 2.05 bits per heavy atom. The first-order chi connectivity index (χ1) is 9.39. The molecule has 1 aromatic carbocycles. The summed E-state index contributed by atoms with van der Waals surface area (Å²) in [7, 11) is 0. The summed E-state index contributed by atoms with van der Waals surface area (Å²) in [6.45, 7) is 4.03. The van der Waals surface area contributed by atoms with Gasteiger partial charge < -0.3 is 10.4 Å². The van der Waals surface area contributed by atoms with Crippen molar-refractivity contribution in [3.8, 4) is 5.75 Å². The molecule has 0 aromatic heterocycles. The van der Waals surface area contributed by atoms with E-state index in [1.54, 1.807) is 18.2 Å². The first kappa shape index (κ1) is 13.2. The molecule has 4 nitrogen and oxygen atoms in total. The minimum Gasteiger partial charge on any atom is -0.506 e. The zero-order chi connectivity index (χ0) is 14.5. The number of benzene rings is 1. The van der Waals surface area contributed by atoms with Gasteiger partial charge in [0.15, 0.2) is 0 Å². The molecule has 0 aliphatic heterocycles. The Morgan fingerprint density at radius 1 is 1.35 bits per heavy atom. The summed E-state index contributed by atoms with van der Waals surface area (Å²) in [4.78, 5) is 25.1. The van der Waals surface area contributed by atoms with Crippen LogP contribution >= 0.6 is 0 Å². The molecule has 2 fully saturated rings. The lowest BCUT2D eigenvalue weighted by atomic mass is 9.68. The Kier molecular flexibility index (Phi) is 2.68. The van der Waals surface area contributed by atoms with Gasteiger partial charge in [0.1, 0.15) is 16.9 Å². The van der Waals surface area contributed by atoms with Crippen LogP contribution in [0.4, 0.5) is 5.69 Å². The van der Waals surface area contributed by atoms with Crippen molar-refractivity contribution in [2.24, 2.45) is 16.7 Å². The van der Waals surface area contributed by atoms with Crippen molar-refractivity contribution in [2.45, 2.75) is 33.1 Å². The molecule has 0 spiro atoms. The van der Waals surface area contributed by atoms with Gasteiger partial charge in [0.25, 0.3) is 0 Å². The summed E-state index contributed by atoms with van der Waals surface area (Å²) in [5, 5.41) is 12.5. The number of Topliss-reactive ketones (excluding diaryl/α,β-unsaturated/α-hetero) is 1. The van der Waals surface area contributed by atoms with Crippen molar-refractivity contribution in [1.82, 2.24) is 0 Å². The predicted molar refractivity (Wildman–Crippen MR) is 75.3 cm³/mol. The maximum atomic E-state index is 12.7. The highest BCUT2D eigenvalue weighted by Crippen LogP contribution is 2.64. The molecule has 2 N–H and O–H groups in total. The van der Waals surface area contributed by atoms with E-state index in [0.717, 1.165) is 6.42 Å². The Bertz CT molecular complexity index is 593. The third kappa shape index (κ3) is 1.48. The number of fused-ring (bicyclic) bond motifs is 2. The zero-order valence-electron chi connectivity index (χ0n) is 11.8. The van der Waals surface area contributed by atoms with E-state index in [2.05, 4.69) is 5.32 Å². The largest absolute Gasteiger partial charge is 0.506 e. The second kappa shape index (κ2) is 4.08. The van der Waals surface area contributed by atoms with Crippen LogP contribution in [-0.4, -0.2) is 16.8 Å². The molecular formula is C16H19NO3. The van der Waals surface area contributed by atoms with Gasteiger partial charge in [-0.25, -0.2) is 0 Å². The van der Waals surface area contributed by atoms with Gasteiger partial charge in [-0.05, 0) is 36.3 Å². The van der Waals surface area contributed by atoms with Gasteiger partial charge in [-0.3, -0.25) is 9.59 Å². The first-order valence-corrected chi connectivity index (χ1v) is 7.02. The second-order valence-corrected chi connectivity index (χ2v) is 6.46. The topological polar surface area (TPSA) is 66.4 Å². The van der Waals surface area contributed by atoms with Gasteiger partial charge in [-0.1, -0.05) is 26.0 Å². The number of carbonyl (C=O) groups excluding carboxylic acids is 2. The summed E-state index contributed by atoms with van der Waals surface area (Å²) >= 11 is 0. The molecule has 1 amide bonds. The van der Waals surface area contributed by atoms with Crippen molar-refractivity contribution in [2.75, 3.05) is 5.32 Å². The quantitative estimate of drug-likeness (QED) is 0.643. The first-order valence-electron chi connectivity index (χ1n) is 7.02. The van der Waals surface area contributed by atoms with E-state index in [4.69, 9.17) is 0 Å². The lowest BCUT2D eigenvalue weighted by molar-refractivity contribution is -0.141. The van der Waals surface area contributed by atoms with E-state index in [0.29, 0.717) is 24.4 Å². The number of para-hydroxylation sites is 2. The number of nitrogens with one attached hydrogen (secondary N) is 1. The fourth-order valence-electron chi connectivity index (χ4n) is 4.02. The van der Waals surface area contributed by atoms with Crippen molar-refractivity contribution >= 4 is 17.4 Å². The maximum Gasteiger partial charge on any atom is 0.238 e. The average molecular weight is 273 g/mol. The monoisotopic (exact) mass is 273 g/mol. The number of phenols is 1. The van der Waals surface area contributed by atoms with E-state index in [1.165, 1.54) is 6.07 Å². The summed E-state index contributed by atoms with van der Waals surface area (Å²) < 4.78 is 0. The van der Waals surface area contributed by atoms with E-state index in [-0.39, 0.29) is 22.9 Å². The summed E-state index contributed by atoms with van der Waals surface area (Å²) in [5.41, 5.74) is -0.871. The number of ketones is 1. The molecule has 2 bridgehead atoms. The zero-order valence-corrected chi connectivity index (χ0v) is 11.8. The Morgan fingerprint density at radius 3 is 2.60 bits per heavy atom. The third-order valence-corrected chi connectivity index (χ3v) is 5.44. The minimum atomic E-state index is -0.931. The van der Waals surface area contributed by atoms with Crippen LogP contribution < -0.4 is 5.32 Å². The van der Waals surface area contributed by atoms with Crippen LogP contribution in [0.5, 0.6) is 5.75 Å². The number of carbonyl (C=O) groups is 2. The summed E-state index contributed by atoms with van der Waals surface area (Å²) in [5.74, 6) is 0.0980. The molecule has 1 aromatic rings. The molecule has 20 heavy (non-hydrogen) atoms. The molecule has 2 aliphatic carbocycles. The number of hydrogen-bond donors (Lipinski definition) is 2. The number of amides is 1. The third-order valence-electron chi connectivity index (χ3n) is 5.44. The number of hydrogen-bond acceptors (Lipinski definition) is 3. The highest BCUT2D eigenvalue weighted by Gasteiger charge is 2.68. The molecule has 3 rings (SSSR count). The van der Waals surface area contributed by atoms with Crippen LogP contribution in [0.25, 0.3) is 0 Å². The maximum absolute atomic E-state index is 12.7. The fourth-order valence-corrected chi connectivity index (χ4v) is 4.02. The number of aromatic hydroxyl groups is 1. The van der Waals surface area contributed by atoms with Gasteiger partial charge in [0.05, 0.1) is 5.69 Å². The fraction of sp³-hybridized carbons (Fsp3) is 0.500. The van der Waals surface area contributed by atoms with Crippen LogP contribution in [0.15, 0.2) is 24.3 Å². The Hall–Kier alpha value is -1.84. The number of phenolic OH excluding ortho intramolecular Hbond substituents is 1. The van der Waals surface area contributed by atoms with Gasteiger partial charge in [0.2, 0.25) is 5.91 Å². The van der Waals surface area contributed by atoms with Crippen molar-refractivity contribution < 1.29 is 14.7 Å². The van der Waals surface area contributed by atoms with Crippen LogP contribution in [-0.2, 0) is 9.59 Å². The van der Waals surface area contributed by atoms with Crippen molar-refractivity contribution in [3.05, 3.63) is 24.3 Å². The smallest absolute Gasteiger partial charge is 0.238 e. The predicted octanol–water partition coefficient (Wildman–Crippen LogP) is 2.73. The lowest BCUT2D eigenvalue weighted by Gasteiger charge is -2.34. The van der Waals surface area contributed by atoms with Crippen LogP contribution in [0.3, 0.4) is 0 Å². The number of anilines is 1. The molecule has 2 saturated carbocycles. The molecule has 2 atom stereocenters. The van der Waals surface area contributed by atoms with Crippen LogP contribution in [0.2, 0.25) is 0 Å². The standard InChI is InChI=1S/C16H19NO3/c1-15(2)10-7-8-16(15,13(19)9-10)14(20)17-11-5-3-4-6-12(11)18/h3-6,10,18H,7-9H2,1-2H3,(H,17,20)/t10-,16+/m1/s1. The molecule has 2 aliphatic rings. The molecule has 106 valence electrons. The molecule has 0 radical (unpaired) electrons. The van der Waals surface area contributed by atoms with Gasteiger partial charge >= 0.3 is 0 Å². The molecule has 0 saturated heterocycles. The molecule has 4 heteroatoms. The van der Waals surface area contributed by atoms with Gasteiger partial charge in [-0.15, -0.1) is 0 Å². The molecular weight excluding hydrogens is 254 g/mol. The molecule has 0 unspecified atom stereocenters. The highest BCUT2D eigenvalue weighted by molar-refractivity contribution is 6.14. The van der Waals surface area contributed by atoms with Gasteiger partial charge in [-0.2, -0.15) is 0 Å². The van der Waals surface area contributed by atoms with Gasteiger partial charge in [0, 0.05) is 6.42 Å². The van der Waals surface area contributed by atoms with Crippen molar-refractivity contribution in [1.29, 1.82) is 0 Å². The lowest BCUT2D eigenvalue weighted by Crippen LogP contribution is -2.46. The minimum absolute atomic E-state index is 0.0232. The Labute approximate surface area is 118 Å². The summed E-state index contributed by atoms with van der Waals surface area (Å²) in [6.07, 6.45) is 2.04. The van der Waals surface area contributed by atoms with Crippen LogP contribution in [0.1, 0.15) is 33.1 Å². The average Bonchev–Trinajstić information content (AvgIpc) is 2.76. The molecule has 0 heterocycles. The Balaban J connectivity index is 1.94. The van der Waals surface area contributed by atoms with E-state index in [1.807, 2.05) is 13.8 Å². The summed E-state index contributed by atoms with van der Waals surface area (Å²) in [6, 6.07) is 6.60. The van der Waals surface area contributed by atoms with E-state index < -0.39 is 5.41 Å². The van der Waals surface area contributed by atoms with Crippen molar-refractivity contribution in [3.63, 3.8) is 0 Å². The highest BCUT2D eigenvalue weighted by atomic mass is 16.3. The normalized spacial score (nSPS) is 30.5. The van der Waals surface area contributed by atoms with E-state index >= 15 is 0 Å². The SMILES string of the molecule is CC1(C)[C@@H]2CC[C@@]1(C(=O)Nc1ccccc1O)C(=O)C2. The second-order valence-electron chi connectivity index (χ2n) is 6.46. The number of rotatable bonds is 2.